The van der Waals surface area contributed by atoms with Gasteiger partial charge in [0, 0.05) is 19.1 Å². The second kappa shape index (κ2) is 5.88. The average molecular weight is 264 g/mol. The van der Waals surface area contributed by atoms with Gasteiger partial charge in [-0.25, -0.2) is 4.79 Å². The maximum atomic E-state index is 11.2. The molecule has 1 aliphatic rings. The molecule has 0 spiro atoms. The lowest BCUT2D eigenvalue weighted by Crippen LogP contribution is -2.36. The predicted molar refractivity (Wildman–Crippen MR) is 73.0 cm³/mol. The molecule has 0 aliphatic carbocycles. The molecule has 0 aromatic carbocycles. The number of pyridine rings is 1. The summed E-state index contributed by atoms with van der Waals surface area (Å²) in [6.45, 7) is 3.58. The van der Waals surface area contributed by atoms with Crippen LogP contribution in [0.4, 0.5) is 10.5 Å². The molecule has 1 saturated heterocycles. The highest BCUT2D eigenvalue weighted by molar-refractivity contribution is 5.67. The number of alkyl carbamates (subject to hydrolysis) is 1. The van der Waals surface area contributed by atoms with Gasteiger partial charge in [0.15, 0.2) is 0 Å². The molecule has 1 aromatic rings. The molecule has 19 heavy (non-hydrogen) atoms. The highest BCUT2D eigenvalue weighted by Gasteiger charge is 2.24. The number of amides is 1. The number of hydrogen-bond donors (Lipinski definition) is 2. The number of nitrogens with one attached hydrogen (secondary N) is 1. The smallest absolute Gasteiger partial charge is 0.407 e. The first-order valence-corrected chi connectivity index (χ1v) is 6.41. The van der Waals surface area contributed by atoms with Gasteiger partial charge in [-0.05, 0) is 25.5 Å². The van der Waals surface area contributed by atoms with E-state index in [1.165, 1.54) is 7.11 Å². The number of carbonyl (C=O) groups is 1. The lowest BCUT2D eigenvalue weighted by molar-refractivity contribution is 0.167. The zero-order valence-corrected chi connectivity index (χ0v) is 11.3. The Bertz CT molecular complexity index is 433. The van der Waals surface area contributed by atoms with Crippen molar-refractivity contribution in [1.29, 1.82) is 0 Å². The summed E-state index contributed by atoms with van der Waals surface area (Å²) in [4.78, 5) is 17.7. The first-order valence-electron chi connectivity index (χ1n) is 6.41. The monoisotopic (exact) mass is 264 g/mol. The van der Waals surface area contributed by atoms with E-state index in [4.69, 9.17) is 5.73 Å². The van der Waals surface area contributed by atoms with Crippen molar-refractivity contribution in [3.05, 3.63) is 24.0 Å². The van der Waals surface area contributed by atoms with E-state index in [1.54, 1.807) is 0 Å². The second-order valence-electron chi connectivity index (χ2n) is 4.80. The molecule has 2 heterocycles. The molecule has 6 nitrogen and oxygen atoms in total. The molecular weight excluding hydrogens is 244 g/mol. The van der Waals surface area contributed by atoms with Crippen LogP contribution in [0.2, 0.25) is 0 Å². The van der Waals surface area contributed by atoms with Gasteiger partial charge in [-0.15, -0.1) is 0 Å². The zero-order chi connectivity index (χ0) is 13.8. The second-order valence-corrected chi connectivity index (χ2v) is 4.80. The fraction of sp³-hybridized carbons (Fsp3) is 0.538. The molecular formula is C13H20N4O2. The van der Waals surface area contributed by atoms with Gasteiger partial charge in [-0.2, -0.15) is 0 Å². The van der Waals surface area contributed by atoms with Gasteiger partial charge in [-0.3, -0.25) is 4.98 Å². The summed E-state index contributed by atoms with van der Waals surface area (Å²) in [5.41, 5.74) is 7.71. The van der Waals surface area contributed by atoms with Crippen LogP contribution in [0.3, 0.4) is 0 Å². The summed E-state index contributed by atoms with van der Waals surface area (Å²) in [5, 5.41) is 2.81. The van der Waals surface area contributed by atoms with Crippen molar-refractivity contribution in [2.75, 3.05) is 25.1 Å². The van der Waals surface area contributed by atoms with Gasteiger partial charge in [0.25, 0.3) is 0 Å². The number of ether oxygens (including phenoxy) is 1. The standard InChI is InChI=1S/C13H20N4O2/c1-9(14)12-4-3-11(7-15-12)17-6-5-10(8-17)16-13(18)19-2/h3-4,7,9-10H,5-6,8,14H2,1-2H3,(H,16,18)/t9-,10?/m1/s1. The minimum absolute atomic E-state index is 0.0543. The van der Waals surface area contributed by atoms with Crippen molar-refractivity contribution in [2.45, 2.75) is 25.4 Å². The largest absolute Gasteiger partial charge is 0.453 e. The lowest BCUT2D eigenvalue weighted by atomic mass is 10.2. The van der Waals surface area contributed by atoms with Crippen molar-refractivity contribution in [1.82, 2.24) is 10.3 Å². The average Bonchev–Trinajstić information content (AvgIpc) is 2.87. The maximum Gasteiger partial charge on any atom is 0.407 e. The van der Waals surface area contributed by atoms with Crippen molar-refractivity contribution in [3.8, 4) is 0 Å². The fourth-order valence-electron chi connectivity index (χ4n) is 2.19. The third-order valence-electron chi connectivity index (χ3n) is 3.30. The van der Waals surface area contributed by atoms with E-state index in [-0.39, 0.29) is 18.2 Å². The van der Waals surface area contributed by atoms with Crippen LogP contribution in [0, 0.1) is 0 Å². The number of methoxy groups -OCH3 is 1. The first kappa shape index (κ1) is 13.6. The Balaban J connectivity index is 1.95. The first-order chi connectivity index (χ1) is 9.10. The topological polar surface area (TPSA) is 80.5 Å². The van der Waals surface area contributed by atoms with Crippen LogP contribution in [-0.2, 0) is 4.74 Å². The van der Waals surface area contributed by atoms with E-state index in [0.29, 0.717) is 0 Å². The molecule has 2 atom stereocenters. The van der Waals surface area contributed by atoms with Crippen LogP contribution in [-0.4, -0.2) is 37.3 Å². The summed E-state index contributed by atoms with van der Waals surface area (Å²) in [5.74, 6) is 0. The molecule has 1 unspecified atom stereocenters. The summed E-state index contributed by atoms with van der Waals surface area (Å²) in [6.07, 6.45) is 2.36. The highest BCUT2D eigenvalue weighted by atomic mass is 16.5. The molecule has 6 heteroatoms. The van der Waals surface area contributed by atoms with Crippen LogP contribution in [0.25, 0.3) is 0 Å². The molecule has 0 radical (unpaired) electrons. The van der Waals surface area contributed by atoms with E-state index < -0.39 is 0 Å². The molecule has 3 N–H and O–H groups in total. The summed E-state index contributed by atoms with van der Waals surface area (Å²) in [6, 6.07) is 4.04. The van der Waals surface area contributed by atoms with Crippen LogP contribution in [0.1, 0.15) is 25.1 Å². The van der Waals surface area contributed by atoms with Gasteiger partial charge in [0.2, 0.25) is 0 Å². The lowest BCUT2D eigenvalue weighted by Gasteiger charge is -2.19. The molecule has 1 aromatic heterocycles. The Morgan fingerprint density at radius 1 is 1.63 bits per heavy atom. The van der Waals surface area contributed by atoms with Crippen molar-refractivity contribution in [3.63, 3.8) is 0 Å². The fourth-order valence-corrected chi connectivity index (χ4v) is 2.19. The molecule has 0 bridgehead atoms. The van der Waals surface area contributed by atoms with E-state index in [0.717, 1.165) is 30.9 Å². The number of aromatic nitrogens is 1. The molecule has 1 fully saturated rings. The van der Waals surface area contributed by atoms with E-state index in [9.17, 15) is 4.79 Å². The third-order valence-corrected chi connectivity index (χ3v) is 3.30. The molecule has 104 valence electrons. The van der Waals surface area contributed by atoms with Crippen molar-refractivity contribution < 1.29 is 9.53 Å². The minimum atomic E-state index is -0.378. The Morgan fingerprint density at radius 3 is 3.00 bits per heavy atom. The third kappa shape index (κ3) is 3.35. The Kier molecular flexibility index (Phi) is 4.21. The minimum Gasteiger partial charge on any atom is -0.453 e. The molecule has 1 amide bonds. The Morgan fingerprint density at radius 2 is 2.42 bits per heavy atom. The van der Waals surface area contributed by atoms with E-state index >= 15 is 0 Å². The summed E-state index contributed by atoms with van der Waals surface area (Å²) in [7, 11) is 1.37. The highest BCUT2D eigenvalue weighted by Crippen LogP contribution is 2.20. The van der Waals surface area contributed by atoms with Crippen molar-refractivity contribution >= 4 is 11.8 Å². The van der Waals surface area contributed by atoms with Crippen LogP contribution in [0.5, 0.6) is 0 Å². The predicted octanol–water partition coefficient (Wildman–Crippen LogP) is 1.04. The normalized spacial score (nSPS) is 20.2. The van der Waals surface area contributed by atoms with Gasteiger partial charge in [0.05, 0.1) is 30.7 Å². The maximum absolute atomic E-state index is 11.2. The number of nitrogens with zero attached hydrogens (tertiary/aromatic N) is 2. The summed E-state index contributed by atoms with van der Waals surface area (Å²) >= 11 is 0. The number of anilines is 1. The Hall–Kier alpha value is -1.82. The quantitative estimate of drug-likeness (QED) is 0.852. The van der Waals surface area contributed by atoms with Crippen LogP contribution in [0.15, 0.2) is 18.3 Å². The molecule has 0 saturated carbocycles. The summed E-state index contributed by atoms with van der Waals surface area (Å²) < 4.78 is 4.60. The van der Waals surface area contributed by atoms with Crippen LogP contribution < -0.4 is 16.0 Å². The number of carbonyl (C=O) groups excluding carboxylic acids is 1. The van der Waals surface area contributed by atoms with Gasteiger partial charge < -0.3 is 20.7 Å². The SMILES string of the molecule is COC(=O)NC1CCN(c2ccc([C@@H](C)N)nc2)C1. The molecule has 2 rings (SSSR count). The van der Waals surface area contributed by atoms with E-state index in [1.807, 2.05) is 25.3 Å². The number of nitrogens with two attached hydrogens (primary N) is 1. The number of hydrogen-bond acceptors (Lipinski definition) is 5. The van der Waals surface area contributed by atoms with E-state index in [2.05, 4.69) is 19.9 Å². The number of rotatable bonds is 3. The Labute approximate surface area is 112 Å². The van der Waals surface area contributed by atoms with Gasteiger partial charge >= 0.3 is 6.09 Å². The molecule has 1 aliphatic heterocycles. The zero-order valence-electron chi connectivity index (χ0n) is 11.3. The van der Waals surface area contributed by atoms with Gasteiger partial charge in [-0.1, -0.05) is 0 Å². The van der Waals surface area contributed by atoms with Gasteiger partial charge in [0.1, 0.15) is 0 Å². The van der Waals surface area contributed by atoms with Crippen molar-refractivity contribution in [2.24, 2.45) is 5.73 Å². The van der Waals surface area contributed by atoms with Crippen LogP contribution >= 0.6 is 0 Å².